The van der Waals surface area contributed by atoms with Gasteiger partial charge in [0.1, 0.15) is 0 Å². The van der Waals surface area contributed by atoms with Gasteiger partial charge in [-0.1, -0.05) is 12.1 Å². The van der Waals surface area contributed by atoms with Crippen LogP contribution in [0.5, 0.6) is 0 Å². The fourth-order valence-electron chi connectivity index (χ4n) is 2.85. The predicted octanol–water partition coefficient (Wildman–Crippen LogP) is 2.41. The standard InChI is InChI=1S/C15H22N2O/c16-13-4-1-3-12(9-13)10-17(14-6-7-14)15-5-2-8-18-11-15/h1,3-4,9,14-15H,2,5-8,10-11,16H2. The molecule has 1 saturated heterocycles. The van der Waals surface area contributed by atoms with E-state index in [9.17, 15) is 0 Å². The monoisotopic (exact) mass is 246 g/mol. The molecule has 1 unspecified atom stereocenters. The summed E-state index contributed by atoms with van der Waals surface area (Å²) < 4.78 is 5.64. The summed E-state index contributed by atoms with van der Waals surface area (Å²) in [4.78, 5) is 2.63. The number of ether oxygens (including phenoxy) is 1. The van der Waals surface area contributed by atoms with Crippen molar-refractivity contribution in [1.29, 1.82) is 0 Å². The first-order valence-corrected chi connectivity index (χ1v) is 7.01. The van der Waals surface area contributed by atoms with E-state index in [4.69, 9.17) is 10.5 Å². The van der Waals surface area contributed by atoms with E-state index >= 15 is 0 Å². The molecular formula is C15H22N2O. The molecule has 18 heavy (non-hydrogen) atoms. The minimum Gasteiger partial charge on any atom is -0.399 e. The fourth-order valence-corrected chi connectivity index (χ4v) is 2.85. The van der Waals surface area contributed by atoms with Crippen molar-refractivity contribution in [2.45, 2.75) is 44.3 Å². The Bertz CT molecular complexity index is 397. The van der Waals surface area contributed by atoms with Gasteiger partial charge in [-0.25, -0.2) is 0 Å². The van der Waals surface area contributed by atoms with Crippen molar-refractivity contribution in [2.24, 2.45) is 0 Å². The maximum Gasteiger partial charge on any atom is 0.0622 e. The third kappa shape index (κ3) is 2.85. The summed E-state index contributed by atoms with van der Waals surface area (Å²) in [5.41, 5.74) is 8.05. The van der Waals surface area contributed by atoms with E-state index in [1.54, 1.807) is 0 Å². The summed E-state index contributed by atoms with van der Waals surface area (Å²) in [5, 5.41) is 0. The van der Waals surface area contributed by atoms with Gasteiger partial charge in [-0.3, -0.25) is 4.90 Å². The van der Waals surface area contributed by atoms with Gasteiger partial charge in [0.05, 0.1) is 6.61 Å². The summed E-state index contributed by atoms with van der Waals surface area (Å²) >= 11 is 0. The molecule has 0 radical (unpaired) electrons. The highest BCUT2D eigenvalue weighted by atomic mass is 16.5. The molecule has 0 spiro atoms. The summed E-state index contributed by atoms with van der Waals surface area (Å²) in [6.07, 6.45) is 5.17. The Morgan fingerprint density at radius 2 is 2.11 bits per heavy atom. The zero-order valence-corrected chi connectivity index (χ0v) is 10.8. The molecule has 98 valence electrons. The maximum absolute atomic E-state index is 5.86. The van der Waals surface area contributed by atoms with Crippen LogP contribution >= 0.6 is 0 Å². The van der Waals surface area contributed by atoms with Gasteiger partial charge in [0.2, 0.25) is 0 Å². The van der Waals surface area contributed by atoms with Crippen LogP contribution < -0.4 is 5.73 Å². The van der Waals surface area contributed by atoms with E-state index < -0.39 is 0 Å². The van der Waals surface area contributed by atoms with Crippen molar-refractivity contribution in [3.63, 3.8) is 0 Å². The van der Waals surface area contributed by atoms with Gasteiger partial charge in [-0.2, -0.15) is 0 Å². The van der Waals surface area contributed by atoms with Crippen LogP contribution in [0.2, 0.25) is 0 Å². The molecule has 2 fully saturated rings. The highest BCUT2D eigenvalue weighted by Crippen LogP contribution is 2.32. The lowest BCUT2D eigenvalue weighted by molar-refractivity contribution is 0.0109. The van der Waals surface area contributed by atoms with Crippen LogP contribution in [0.25, 0.3) is 0 Å². The molecule has 2 aliphatic rings. The molecular weight excluding hydrogens is 224 g/mol. The molecule has 3 nitrogen and oxygen atoms in total. The van der Waals surface area contributed by atoms with Crippen LogP contribution in [0.3, 0.4) is 0 Å². The second kappa shape index (κ2) is 5.29. The van der Waals surface area contributed by atoms with Crippen LogP contribution in [-0.2, 0) is 11.3 Å². The summed E-state index contributed by atoms with van der Waals surface area (Å²) in [7, 11) is 0. The number of hydrogen-bond donors (Lipinski definition) is 1. The third-order valence-electron chi connectivity index (χ3n) is 3.94. The van der Waals surface area contributed by atoms with Crippen LogP contribution in [0.4, 0.5) is 5.69 Å². The zero-order chi connectivity index (χ0) is 12.4. The molecule has 0 amide bonds. The van der Waals surface area contributed by atoms with E-state index in [1.165, 1.54) is 31.2 Å². The van der Waals surface area contributed by atoms with Gasteiger partial charge in [0.25, 0.3) is 0 Å². The van der Waals surface area contributed by atoms with Crippen molar-refractivity contribution in [3.05, 3.63) is 29.8 Å². The minimum absolute atomic E-state index is 0.604. The number of hydrogen-bond acceptors (Lipinski definition) is 3. The van der Waals surface area contributed by atoms with Crippen molar-refractivity contribution >= 4 is 5.69 Å². The SMILES string of the molecule is Nc1cccc(CN(C2CC2)C2CCCOC2)c1. The Labute approximate surface area is 109 Å². The average Bonchev–Trinajstić information content (AvgIpc) is 3.21. The van der Waals surface area contributed by atoms with Crippen LogP contribution in [0, 0.1) is 0 Å². The van der Waals surface area contributed by atoms with E-state index in [-0.39, 0.29) is 0 Å². The van der Waals surface area contributed by atoms with Crippen molar-refractivity contribution < 1.29 is 4.74 Å². The van der Waals surface area contributed by atoms with Gasteiger partial charge in [-0.05, 0) is 43.4 Å². The molecule has 1 saturated carbocycles. The number of nitrogens with two attached hydrogens (primary N) is 1. The maximum atomic E-state index is 5.86. The lowest BCUT2D eigenvalue weighted by Crippen LogP contribution is -2.42. The summed E-state index contributed by atoms with van der Waals surface area (Å²) in [5.74, 6) is 0. The quantitative estimate of drug-likeness (QED) is 0.829. The van der Waals surface area contributed by atoms with Crippen LogP contribution in [-0.4, -0.2) is 30.2 Å². The molecule has 1 aromatic rings. The molecule has 1 heterocycles. The second-order valence-electron chi connectivity index (χ2n) is 5.52. The molecule has 1 aromatic carbocycles. The third-order valence-corrected chi connectivity index (χ3v) is 3.94. The van der Waals surface area contributed by atoms with E-state index in [1.807, 2.05) is 12.1 Å². The van der Waals surface area contributed by atoms with Crippen LogP contribution in [0.1, 0.15) is 31.2 Å². The number of benzene rings is 1. The Balaban J connectivity index is 1.69. The second-order valence-corrected chi connectivity index (χ2v) is 5.52. The van der Waals surface area contributed by atoms with E-state index in [0.29, 0.717) is 6.04 Å². The Morgan fingerprint density at radius 3 is 2.78 bits per heavy atom. The molecule has 0 aromatic heterocycles. The molecule has 3 heteroatoms. The van der Waals surface area contributed by atoms with Gasteiger partial charge in [0.15, 0.2) is 0 Å². The highest BCUT2D eigenvalue weighted by Gasteiger charge is 2.34. The fraction of sp³-hybridized carbons (Fsp3) is 0.600. The largest absolute Gasteiger partial charge is 0.399 e. The number of rotatable bonds is 4. The van der Waals surface area contributed by atoms with Gasteiger partial charge < -0.3 is 10.5 Å². The molecule has 2 N–H and O–H groups in total. The predicted molar refractivity (Wildman–Crippen MR) is 73.3 cm³/mol. The number of nitrogen functional groups attached to an aromatic ring is 1. The average molecular weight is 246 g/mol. The molecule has 3 rings (SSSR count). The summed E-state index contributed by atoms with van der Waals surface area (Å²) in [6, 6.07) is 9.65. The minimum atomic E-state index is 0.604. The molecule has 1 atom stereocenters. The van der Waals surface area contributed by atoms with Gasteiger partial charge in [-0.15, -0.1) is 0 Å². The smallest absolute Gasteiger partial charge is 0.0622 e. The molecule has 0 bridgehead atoms. The Morgan fingerprint density at radius 1 is 1.22 bits per heavy atom. The van der Waals surface area contributed by atoms with Crippen molar-refractivity contribution in [2.75, 3.05) is 18.9 Å². The molecule has 1 aliphatic carbocycles. The zero-order valence-electron chi connectivity index (χ0n) is 10.8. The van der Waals surface area contributed by atoms with Gasteiger partial charge in [0, 0.05) is 30.9 Å². The van der Waals surface area contributed by atoms with E-state index in [0.717, 1.165) is 31.5 Å². The molecule has 1 aliphatic heterocycles. The first-order chi connectivity index (χ1) is 8.83. The Hall–Kier alpha value is -1.06. The Kier molecular flexibility index (Phi) is 3.52. The van der Waals surface area contributed by atoms with Crippen molar-refractivity contribution in [1.82, 2.24) is 4.90 Å². The lowest BCUT2D eigenvalue weighted by atomic mass is 10.1. The van der Waals surface area contributed by atoms with Crippen molar-refractivity contribution in [3.8, 4) is 0 Å². The highest BCUT2D eigenvalue weighted by molar-refractivity contribution is 5.40. The number of anilines is 1. The summed E-state index contributed by atoms with van der Waals surface area (Å²) in [6.45, 7) is 2.86. The van der Waals surface area contributed by atoms with Gasteiger partial charge >= 0.3 is 0 Å². The lowest BCUT2D eigenvalue weighted by Gasteiger charge is -2.34. The first kappa shape index (κ1) is 12.0. The van der Waals surface area contributed by atoms with Crippen LogP contribution in [0.15, 0.2) is 24.3 Å². The normalized spacial score (nSPS) is 24.4. The first-order valence-electron chi connectivity index (χ1n) is 7.01. The van der Waals surface area contributed by atoms with E-state index in [2.05, 4.69) is 17.0 Å². The number of nitrogens with zero attached hydrogens (tertiary/aromatic N) is 1. The topological polar surface area (TPSA) is 38.5 Å².